The molecule has 0 fully saturated rings. The van der Waals surface area contributed by atoms with E-state index in [4.69, 9.17) is 12.2 Å². The number of nitrogens with zero attached hydrogens (tertiary/aromatic N) is 2. The number of amides is 1. The Kier molecular flexibility index (Phi) is 6.14. The first-order valence-corrected chi connectivity index (χ1v) is 10.2. The summed E-state index contributed by atoms with van der Waals surface area (Å²) in [5, 5.41) is 13.4. The summed E-state index contributed by atoms with van der Waals surface area (Å²) < 4.78 is 28.4. The highest BCUT2D eigenvalue weighted by Gasteiger charge is 2.25. The molecule has 3 aromatic carbocycles. The lowest BCUT2D eigenvalue weighted by Crippen LogP contribution is -2.32. The van der Waals surface area contributed by atoms with Crippen LogP contribution in [0.3, 0.4) is 0 Å². The highest BCUT2D eigenvalue weighted by atomic mass is 32.1. The molecule has 6 nitrogen and oxygen atoms in total. The number of benzene rings is 3. The molecule has 0 unspecified atom stereocenters. The van der Waals surface area contributed by atoms with Crippen LogP contribution in [0.2, 0.25) is 0 Å². The van der Waals surface area contributed by atoms with Crippen molar-refractivity contribution in [3.8, 4) is 17.3 Å². The van der Waals surface area contributed by atoms with E-state index >= 15 is 0 Å². The second kappa shape index (κ2) is 9.17. The van der Waals surface area contributed by atoms with Crippen molar-refractivity contribution in [3.63, 3.8) is 0 Å². The molecule has 166 valence electrons. The number of alkyl halides is 2. The highest BCUT2D eigenvalue weighted by molar-refractivity contribution is 7.71. The number of hydrogen-bond donors (Lipinski definition) is 2. The van der Waals surface area contributed by atoms with E-state index in [1.54, 1.807) is 60.7 Å². The third kappa shape index (κ3) is 4.31. The van der Waals surface area contributed by atoms with Gasteiger partial charge in [0.25, 0.3) is 17.9 Å². The van der Waals surface area contributed by atoms with Gasteiger partial charge in [0.05, 0.1) is 11.4 Å². The van der Waals surface area contributed by atoms with Crippen LogP contribution in [-0.2, 0) is 0 Å². The van der Waals surface area contributed by atoms with Crippen LogP contribution in [0.4, 0.5) is 14.5 Å². The van der Waals surface area contributed by atoms with Crippen molar-refractivity contribution in [2.45, 2.75) is 6.43 Å². The van der Waals surface area contributed by atoms with Crippen LogP contribution in [0, 0.1) is 4.77 Å². The van der Waals surface area contributed by atoms with Crippen LogP contribution in [-0.4, -0.2) is 20.1 Å². The Morgan fingerprint density at radius 1 is 0.879 bits per heavy atom. The Morgan fingerprint density at radius 3 is 2.03 bits per heavy atom. The van der Waals surface area contributed by atoms with E-state index in [-0.39, 0.29) is 16.0 Å². The molecule has 0 saturated carbocycles. The molecular weight excluding hydrogens is 448 g/mol. The largest absolute Gasteiger partial charge is 0.493 e. The Balaban J connectivity index is 1.93. The van der Waals surface area contributed by atoms with Gasteiger partial charge in [-0.3, -0.25) is 18.7 Å². The first-order valence-electron chi connectivity index (χ1n) is 9.80. The fourth-order valence-electron chi connectivity index (χ4n) is 3.36. The molecule has 9 heteroatoms. The summed E-state index contributed by atoms with van der Waals surface area (Å²) in [5.41, 5.74) is -0.850. The number of para-hydroxylation sites is 2. The van der Waals surface area contributed by atoms with Gasteiger partial charge in [-0.15, -0.1) is 0 Å². The van der Waals surface area contributed by atoms with Crippen molar-refractivity contribution < 1.29 is 18.7 Å². The Morgan fingerprint density at radius 2 is 1.45 bits per heavy atom. The third-order valence-corrected chi connectivity index (χ3v) is 5.25. The van der Waals surface area contributed by atoms with Crippen molar-refractivity contribution in [1.82, 2.24) is 9.13 Å². The van der Waals surface area contributed by atoms with Gasteiger partial charge >= 0.3 is 0 Å². The maximum atomic E-state index is 13.3. The molecule has 4 aromatic rings. The van der Waals surface area contributed by atoms with Gasteiger partial charge in [-0.1, -0.05) is 48.5 Å². The smallest absolute Gasteiger partial charge is 0.275 e. The lowest BCUT2D eigenvalue weighted by atomic mass is 10.2. The minimum atomic E-state index is -2.73. The average Bonchev–Trinajstić information content (AvgIpc) is 2.80. The molecule has 0 atom stereocenters. The number of carbonyl (C=O) groups is 1. The molecule has 0 saturated heterocycles. The van der Waals surface area contributed by atoms with Gasteiger partial charge in [0.1, 0.15) is 0 Å². The zero-order chi connectivity index (χ0) is 23.5. The van der Waals surface area contributed by atoms with Crippen molar-refractivity contribution in [2.75, 3.05) is 5.32 Å². The summed E-state index contributed by atoms with van der Waals surface area (Å²) in [6.07, 6.45) is -2.73. The van der Waals surface area contributed by atoms with E-state index in [0.29, 0.717) is 11.4 Å². The number of carbonyl (C=O) groups excluding carboxylic acids is 1. The zero-order valence-corrected chi connectivity index (χ0v) is 17.8. The summed E-state index contributed by atoms with van der Waals surface area (Å²) in [6, 6.07) is 22.0. The molecule has 2 N–H and O–H groups in total. The normalized spacial score (nSPS) is 10.9. The Labute approximate surface area is 192 Å². The lowest BCUT2D eigenvalue weighted by molar-refractivity contribution is 0.102. The molecule has 4 rings (SSSR count). The van der Waals surface area contributed by atoms with Crippen LogP contribution in [0.5, 0.6) is 5.88 Å². The first-order chi connectivity index (χ1) is 15.9. The van der Waals surface area contributed by atoms with Crippen molar-refractivity contribution in [3.05, 3.63) is 111 Å². The lowest BCUT2D eigenvalue weighted by Gasteiger charge is -2.17. The number of halogens is 2. The van der Waals surface area contributed by atoms with Crippen molar-refractivity contribution >= 4 is 23.8 Å². The predicted octanol–water partition coefficient (Wildman–Crippen LogP) is 5.25. The fraction of sp³-hybridized carbons (Fsp3) is 0.0417. The number of anilines is 1. The van der Waals surface area contributed by atoms with Gasteiger partial charge < -0.3 is 10.4 Å². The predicted molar refractivity (Wildman–Crippen MR) is 123 cm³/mol. The van der Waals surface area contributed by atoms with Crippen LogP contribution in [0.25, 0.3) is 11.4 Å². The van der Waals surface area contributed by atoms with Crippen LogP contribution < -0.4 is 10.9 Å². The van der Waals surface area contributed by atoms with Gasteiger partial charge in [0.2, 0.25) is 5.88 Å². The molecule has 0 aliphatic heterocycles. The molecule has 1 amide bonds. The third-order valence-electron chi connectivity index (χ3n) is 4.89. The van der Waals surface area contributed by atoms with Crippen molar-refractivity contribution in [2.24, 2.45) is 0 Å². The molecule has 1 aromatic heterocycles. The van der Waals surface area contributed by atoms with Crippen LogP contribution in [0.15, 0.2) is 89.7 Å². The summed E-state index contributed by atoms with van der Waals surface area (Å²) in [6.45, 7) is 0. The Bertz CT molecular complexity index is 1440. The van der Waals surface area contributed by atoms with Gasteiger partial charge in [0, 0.05) is 11.3 Å². The van der Waals surface area contributed by atoms with Crippen LogP contribution >= 0.6 is 12.2 Å². The minimum Gasteiger partial charge on any atom is -0.493 e. The second-order valence-electron chi connectivity index (χ2n) is 7.01. The topological polar surface area (TPSA) is 76.3 Å². The molecule has 0 aliphatic rings. The number of hydrogen-bond acceptors (Lipinski definition) is 4. The average molecular weight is 465 g/mol. The van der Waals surface area contributed by atoms with Crippen LogP contribution in [0.1, 0.15) is 22.3 Å². The van der Waals surface area contributed by atoms with Gasteiger partial charge in [-0.2, -0.15) is 0 Å². The highest BCUT2D eigenvalue weighted by Crippen LogP contribution is 2.25. The summed E-state index contributed by atoms with van der Waals surface area (Å²) >= 11 is 5.50. The molecule has 0 bridgehead atoms. The summed E-state index contributed by atoms with van der Waals surface area (Å²) in [7, 11) is 0. The van der Waals surface area contributed by atoms with E-state index in [0.717, 1.165) is 10.6 Å². The number of aromatic hydroxyl groups is 1. The fourth-order valence-corrected chi connectivity index (χ4v) is 3.74. The molecule has 0 aliphatic carbocycles. The molecule has 0 spiro atoms. The first kappa shape index (κ1) is 22.1. The van der Waals surface area contributed by atoms with Gasteiger partial charge in [-0.05, 0) is 48.6 Å². The maximum absolute atomic E-state index is 13.3. The monoisotopic (exact) mass is 465 g/mol. The van der Waals surface area contributed by atoms with E-state index in [1.807, 2.05) is 0 Å². The number of rotatable bonds is 5. The van der Waals surface area contributed by atoms with E-state index < -0.39 is 29.3 Å². The van der Waals surface area contributed by atoms with E-state index in [9.17, 15) is 23.5 Å². The van der Waals surface area contributed by atoms with Crippen molar-refractivity contribution in [1.29, 1.82) is 0 Å². The summed E-state index contributed by atoms with van der Waals surface area (Å²) in [4.78, 5) is 26.4. The SMILES string of the molecule is O=C(Nc1cccc(C(F)F)c1)c1c(O)n(-c2ccccc2)c(=S)n(-c2ccccc2)c1=O. The molecule has 33 heavy (non-hydrogen) atoms. The second-order valence-corrected chi connectivity index (χ2v) is 7.37. The van der Waals surface area contributed by atoms with E-state index in [2.05, 4.69) is 5.32 Å². The maximum Gasteiger partial charge on any atom is 0.275 e. The minimum absolute atomic E-state index is 0.0499. The quantitative estimate of drug-likeness (QED) is 0.395. The standard InChI is InChI=1S/C24H17F2N3O3S/c25-20(26)15-8-7-9-16(14-15)27-21(30)19-22(31)28(17-10-3-1-4-11-17)24(33)29(23(19)32)18-12-5-2-6-13-18/h1-14,20,31H,(H,27,30). The summed E-state index contributed by atoms with van der Waals surface area (Å²) in [5.74, 6) is -1.63. The number of aromatic nitrogens is 2. The molecule has 1 heterocycles. The van der Waals surface area contributed by atoms with Gasteiger partial charge in [0.15, 0.2) is 10.3 Å². The number of nitrogens with one attached hydrogen (secondary N) is 1. The zero-order valence-electron chi connectivity index (χ0n) is 17.0. The Hall–Kier alpha value is -4.11. The molecular formula is C24H17F2N3O3S. The van der Waals surface area contributed by atoms with Gasteiger partial charge in [-0.25, -0.2) is 8.78 Å². The molecule has 0 radical (unpaired) electrons. The van der Waals surface area contributed by atoms with E-state index in [1.165, 1.54) is 22.8 Å².